The van der Waals surface area contributed by atoms with Gasteiger partial charge in [-0.05, 0) is 38.5 Å². The molecule has 1 saturated heterocycles. The summed E-state index contributed by atoms with van der Waals surface area (Å²) in [5.41, 5.74) is 7.48. The third-order valence-corrected chi connectivity index (χ3v) is 3.98. The van der Waals surface area contributed by atoms with Crippen LogP contribution in [-0.2, 0) is 4.74 Å². The van der Waals surface area contributed by atoms with Crippen molar-refractivity contribution in [2.24, 2.45) is 5.73 Å². The Bertz CT molecular complexity index is 446. The minimum absolute atomic E-state index is 0.0143. The number of hydrogen-bond donors (Lipinski definition) is 1. The van der Waals surface area contributed by atoms with Crippen LogP contribution in [0.2, 0.25) is 0 Å². The van der Waals surface area contributed by atoms with E-state index in [1.165, 1.54) is 5.56 Å². The summed E-state index contributed by atoms with van der Waals surface area (Å²) in [7, 11) is 1.69. The minimum Gasteiger partial charge on any atom is -0.497 e. The zero-order chi connectivity index (χ0) is 14.8. The highest BCUT2D eigenvalue weighted by Gasteiger charge is 2.37. The number of ether oxygens (including phenoxy) is 2. The number of hydrogen-bond acceptors (Lipinski definition) is 4. The van der Waals surface area contributed by atoms with Gasteiger partial charge < -0.3 is 15.2 Å². The van der Waals surface area contributed by atoms with Crippen molar-refractivity contribution >= 4 is 0 Å². The van der Waals surface area contributed by atoms with E-state index in [2.05, 4.69) is 37.8 Å². The highest BCUT2D eigenvalue weighted by molar-refractivity contribution is 5.31. The first-order valence-electron chi connectivity index (χ1n) is 7.20. The highest BCUT2D eigenvalue weighted by atomic mass is 16.5. The zero-order valence-corrected chi connectivity index (χ0v) is 12.9. The summed E-state index contributed by atoms with van der Waals surface area (Å²) in [6, 6.07) is 8.41. The maximum absolute atomic E-state index is 6.29. The van der Waals surface area contributed by atoms with Crippen molar-refractivity contribution in [1.29, 1.82) is 0 Å². The normalized spacial score (nSPS) is 22.2. The standard InChI is InChI=1S/C16H26N2O2/c1-12(17)15(13-6-5-7-14(10-13)19-4)18-8-9-20-11-16(18,2)3/h5-7,10,12,15H,8-9,11,17H2,1-4H3. The topological polar surface area (TPSA) is 47.7 Å². The van der Waals surface area contributed by atoms with Crippen molar-refractivity contribution < 1.29 is 9.47 Å². The lowest BCUT2D eigenvalue weighted by Gasteiger charge is -2.48. The molecule has 20 heavy (non-hydrogen) atoms. The number of nitrogens with two attached hydrogens (primary N) is 1. The average molecular weight is 278 g/mol. The molecule has 0 radical (unpaired) electrons. The summed E-state index contributed by atoms with van der Waals surface area (Å²) in [4.78, 5) is 2.45. The molecule has 4 nitrogen and oxygen atoms in total. The molecule has 1 fully saturated rings. The number of rotatable bonds is 4. The first-order valence-corrected chi connectivity index (χ1v) is 7.20. The van der Waals surface area contributed by atoms with Gasteiger partial charge in [-0.25, -0.2) is 0 Å². The lowest BCUT2D eigenvalue weighted by atomic mass is 9.92. The van der Waals surface area contributed by atoms with Crippen LogP contribution in [0.4, 0.5) is 0 Å². The fourth-order valence-electron chi connectivity index (χ4n) is 2.98. The van der Waals surface area contributed by atoms with Crippen molar-refractivity contribution in [2.45, 2.75) is 38.4 Å². The second-order valence-electron chi connectivity index (χ2n) is 6.14. The van der Waals surface area contributed by atoms with Crippen LogP contribution >= 0.6 is 0 Å². The maximum atomic E-state index is 6.29. The monoisotopic (exact) mass is 278 g/mol. The van der Waals surface area contributed by atoms with E-state index in [1.807, 2.05) is 12.1 Å². The SMILES string of the molecule is COc1cccc(C(C(C)N)N2CCOCC2(C)C)c1. The fourth-order valence-corrected chi connectivity index (χ4v) is 2.98. The van der Waals surface area contributed by atoms with Crippen molar-refractivity contribution in [3.05, 3.63) is 29.8 Å². The molecule has 0 amide bonds. The number of nitrogens with zero attached hydrogens (tertiary/aromatic N) is 1. The highest BCUT2D eigenvalue weighted by Crippen LogP contribution is 2.33. The van der Waals surface area contributed by atoms with Crippen LogP contribution in [0, 0.1) is 0 Å². The molecular weight excluding hydrogens is 252 g/mol. The molecule has 1 aliphatic heterocycles. The predicted octanol–water partition coefficient (Wildman–Crippen LogP) is 2.19. The molecular formula is C16H26N2O2. The zero-order valence-electron chi connectivity index (χ0n) is 12.9. The second kappa shape index (κ2) is 6.12. The van der Waals surface area contributed by atoms with Crippen LogP contribution in [0.15, 0.2) is 24.3 Å². The molecule has 0 saturated carbocycles. The van der Waals surface area contributed by atoms with Gasteiger partial charge in [0.15, 0.2) is 0 Å². The summed E-state index contributed by atoms with van der Waals surface area (Å²) in [6.45, 7) is 8.88. The Labute approximate surface area is 121 Å². The average Bonchev–Trinajstić information content (AvgIpc) is 2.41. The van der Waals surface area contributed by atoms with Crippen LogP contribution < -0.4 is 10.5 Å². The molecule has 0 aliphatic carbocycles. The Hall–Kier alpha value is -1.10. The van der Waals surface area contributed by atoms with E-state index in [1.54, 1.807) is 7.11 Å². The van der Waals surface area contributed by atoms with Crippen LogP contribution in [0.1, 0.15) is 32.4 Å². The molecule has 4 heteroatoms. The first-order chi connectivity index (χ1) is 9.45. The summed E-state index contributed by atoms with van der Waals surface area (Å²) >= 11 is 0. The third-order valence-electron chi connectivity index (χ3n) is 3.98. The van der Waals surface area contributed by atoms with E-state index < -0.39 is 0 Å². The summed E-state index contributed by atoms with van der Waals surface area (Å²) < 4.78 is 11.0. The molecule has 112 valence electrons. The van der Waals surface area contributed by atoms with E-state index in [0.29, 0.717) is 0 Å². The van der Waals surface area contributed by atoms with Crippen LogP contribution in [0.25, 0.3) is 0 Å². The van der Waals surface area contributed by atoms with E-state index in [9.17, 15) is 0 Å². The van der Waals surface area contributed by atoms with Crippen molar-refractivity contribution in [3.8, 4) is 5.75 Å². The summed E-state index contributed by atoms with van der Waals surface area (Å²) in [5, 5.41) is 0. The van der Waals surface area contributed by atoms with Gasteiger partial charge in [-0.15, -0.1) is 0 Å². The first kappa shape index (κ1) is 15.3. The van der Waals surface area contributed by atoms with Crippen molar-refractivity contribution in [3.63, 3.8) is 0 Å². The van der Waals surface area contributed by atoms with Crippen LogP contribution in [0.3, 0.4) is 0 Å². The number of morpholine rings is 1. The van der Waals surface area contributed by atoms with Crippen molar-refractivity contribution in [1.82, 2.24) is 4.90 Å². The smallest absolute Gasteiger partial charge is 0.119 e. The Morgan fingerprint density at radius 1 is 1.40 bits per heavy atom. The molecule has 0 bridgehead atoms. The Balaban J connectivity index is 2.35. The van der Waals surface area contributed by atoms with Gasteiger partial charge in [-0.2, -0.15) is 0 Å². The molecule has 2 atom stereocenters. The third kappa shape index (κ3) is 3.14. The lowest BCUT2D eigenvalue weighted by molar-refractivity contribution is -0.0766. The molecule has 0 aromatic heterocycles. The minimum atomic E-state index is -0.0143. The van der Waals surface area contributed by atoms with Gasteiger partial charge in [0.05, 0.1) is 26.4 Å². The summed E-state index contributed by atoms with van der Waals surface area (Å²) in [6.07, 6.45) is 0. The summed E-state index contributed by atoms with van der Waals surface area (Å²) in [5.74, 6) is 0.874. The molecule has 1 aromatic rings. The number of benzene rings is 1. The van der Waals surface area contributed by atoms with Gasteiger partial charge in [0.25, 0.3) is 0 Å². The van der Waals surface area contributed by atoms with Crippen LogP contribution in [-0.4, -0.2) is 43.3 Å². The van der Waals surface area contributed by atoms with Gasteiger partial charge in [-0.1, -0.05) is 12.1 Å². The molecule has 1 aromatic carbocycles. The van der Waals surface area contributed by atoms with Gasteiger partial charge in [0, 0.05) is 18.1 Å². The molecule has 2 unspecified atom stereocenters. The largest absolute Gasteiger partial charge is 0.497 e. The molecule has 1 aliphatic rings. The quantitative estimate of drug-likeness (QED) is 0.917. The van der Waals surface area contributed by atoms with Crippen molar-refractivity contribution in [2.75, 3.05) is 26.9 Å². The van der Waals surface area contributed by atoms with Gasteiger partial charge in [0.1, 0.15) is 5.75 Å². The van der Waals surface area contributed by atoms with Gasteiger partial charge in [0.2, 0.25) is 0 Å². The molecule has 0 spiro atoms. The fraction of sp³-hybridized carbons (Fsp3) is 0.625. The van der Waals surface area contributed by atoms with Gasteiger partial charge >= 0.3 is 0 Å². The van der Waals surface area contributed by atoms with E-state index in [-0.39, 0.29) is 17.6 Å². The molecule has 2 N–H and O–H groups in total. The van der Waals surface area contributed by atoms with E-state index in [0.717, 1.165) is 25.5 Å². The lowest BCUT2D eigenvalue weighted by Crippen LogP contribution is -2.57. The Morgan fingerprint density at radius 3 is 2.75 bits per heavy atom. The van der Waals surface area contributed by atoms with Gasteiger partial charge in [-0.3, -0.25) is 4.90 Å². The van der Waals surface area contributed by atoms with E-state index in [4.69, 9.17) is 15.2 Å². The predicted molar refractivity (Wildman–Crippen MR) is 81.0 cm³/mol. The molecule has 1 heterocycles. The maximum Gasteiger partial charge on any atom is 0.119 e. The molecule has 2 rings (SSSR count). The second-order valence-corrected chi connectivity index (χ2v) is 6.14. The van der Waals surface area contributed by atoms with Crippen LogP contribution in [0.5, 0.6) is 5.75 Å². The Kier molecular flexibility index (Phi) is 4.68. The number of methoxy groups -OCH3 is 1. The Morgan fingerprint density at radius 2 is 2.15 bits per heavy atom. The van der Waals surface area contributed by atoms with E-state index >= 15 is 0 Å².